The Morgan fingerprint density at radius 2 is 2.12 bits per heavy atom. The van der Waals surface area contributed by atoms with Crippen molar-refractivity contribution in [3.63, 3.8) is 0 Å². The summed E-state index contributed by atoms with van der Waals surface area (Å²) >= 11 is 6.15. The Morgan fingerprint density at radius 3 is 2.88 bits per heavy atom. The molecule has 0 spiro atoms. The average molecular weight is 251 g/mol. The van der Waals surface area contributed by atoms with Crippen LogP contribution in [0.5, 0.6) is 0 Å². The van der Waals surface area contributed by atoms with Crippen LogP contribution in [0.15, 0.2) is 18.2 Å². The normalized spacial score (nSPS) is 27.4. The summed E-state index contributed by atoms with van der Waals surface area (Å²) in [6.07, 6.45) is 6.02. The van der Waals surface area contributed by atoms with E-state index in [-0.39, 0.29) is 5.41 Å². The molecule has 0 saturated carbocycles. The van der Waals surface area contributed by atoms with Crippen LogP contribution in [0.2, 0.25) is 0 Å². The minimum Gasteiger partial charge on any atom is -0.381 e. The Labute approximate surface area is 108 Å². The first-order valence-corrected chi connectivity index (χ1v) is 7.09. The van der Waals surface area contributed by atoms with Crippen LogP contribution >= 0.6 is 11.6 Å². The van der Waals surface area contributed by atoms with Gasteiger partial charge in [-0.2, -0.15) is 0 Å². The first kappa shape index (κ1) is 11.6. The molecule has 0 radical (unpaired) electrons. The van der Waals surface area contributed by atoms with Crippen molar-refractivity contribution in [1.82, 2.24) is 0 Å². The standard InChI is InChI=1S/C15H19ClO/c16-10-15(6-7-17-11-15)9-12-4-5-13-2-1-3-14(13)8-12/h4-5,8H,1-3,6-7,9-11H2. The second-order valence-corrected chi connectivity index (χ2v) is 5.84. The van der Waals surface area contributed by atoms with Gasteiger partial charge in [-0.3, -0.25) is 0 Å². The van der Waals surface area contributed by atoms with Crippen molar-refractivity contribution in [2.24, 2.45) is 5.41 Å². The number of ether oxygens (including phenoxy) is 1. The van der Waals surface area contributed by atoms with Crippen molar-refractivity contribution >= 4 is 11.6 Å². The molecule has 2 heteroatoms. The van der Waals surface area contributed by atoms with E-state index >= 15 is 0 Å². The summed E-state index contributed by atoms with van der Waals surface area (Å²) in [5, 5.41) is 0. The Balaban J connectivity index is 1.80. The van der Waals surface area contributed by atoms with Gasteiger partial charge >= 0.3 is 0 Å². The zero-order valence-electron chi connectivity index (χ0n) is 10.2. The van der Waals surface area contributed by atoms with Crippen molar-refractivity contribution in [1.29, 1.82) is 0 Å². The van der Waals surface area contributed by atoms with Crippen molar-refractivity contribution in [2.45, 2.75) is 32.1 Å². The molecule has 1 fully saturated rings. The molecule has 92 valence electrons. The van der Waals surface area contributed by atoms with Crippen LogP contribution in [0.1, 0.15) is 29.5 Å². The van der Waals surface area contributed by atoms with E-state index in [9.17, 15) is 0 Å². The number of hydrogen-bond acceptors (Lipinski definition) is 1. The van der Waals surface area contributed by atoms with Crippen LogP contribution in [0.25, 0.3) is 0 Å². The maximum atomic E-state index is 6.15. The summed E-state index contributed by atoms with van der Waals surface area (Å²) in [7, 11) is 0. The third-order valence-electron chi connectivity index (χ3n) is 4.21. The highest BCUT2D eigenvalue weighted by Gasteiger charge is 2.34. The first-order valence-electron chi connectivity index (χ1n) is 6.56. The lowest BCUT2D eigenvalue weighted by atomic mass is 9.82. The van der Waals surface area contributed by atoms with Crippen molar-refractivity contribution in [3.8, 4) is 0 Å². The summed E-state index contributed by atoms with van der Waals surface area (Å²) in [5.74, 6) is 0.712. The van der Waals surface area contributed by atoms with Gasteiger partial charge in [0.05, 0.1) is 6.61 Å². The molecular formula is C15H19ClO. The van der Waals surface area contributed by atoms with E-state index in [4.69, 9.17) is 16.3 Å². The first-order chi connectivity index (χ1) is 8.31. The molecule has 1 unspecified atom stereocenters. The summed E-state index contributed by atoms with van der Waals surface area (Å²) in [6.45, 7) is 1.70. The van der Waals surface area contributed by atoms with Crippen LogP contribution in [0.4, 0.5) is 0 Å². The highest BCUT2D eigenvalue weighted by molar-refractivity contribution is 6.18. The van der Waals surface area contributed by atoms with Crippen LogP contribution in [-0.4, -0.2) is 19.1 Å². The molecule has 1 nitrogen and oxygen atoms in total. The molecule has 17 heavy (non-hydrogen) atoms. The van der Waals surface area contributed by atoms with E-state index in [1.807, 2.05) is 0 Å². The SMILES string of the molecule is ClCC1(Cc2ccc3c(c2)CCC3)CCOC1. The van der Waals surface area contributed by atoms with E-state index in [1.165, 1.54) is 24.8 Å². The summed E-state index contributed by atoms with van der Waals surface area (Å²) in [6, 6.07) is 7.00. The van der Waals surface area contributed by atoms with E-state index in [0.717, 1.165) is 26.1 Å². The third-order valence-corrected chi connectivity index (χ3v) is 4.78. The molecular weight excluding hydrogens is 232 g/mol. The Kier molecular flexibility index (Phi) is 3.14. The molecule has 0 aromatic heterocycles. The predicted octanol–water partition coefficient (Wildman–Crippen LogP) is 3.36. The molecule has 1 aromatic carbocycles. The monoisotopic (exact) mass is 250 g/mol. The Morgan fingerprint density at radius 1 is 1.24 bits per heavy atom. The minimum atomic E-state index is 0.189. The van der Waals surface area contributed by atoms with Gasteiger partial charge in [-0.25, -0.2) is 0 Å². The number of fused-ring (bicyclic) bond motifs is 1. The fraction of sp³-hybridized carbons (Fsp3) is 0.600. The molecule has 1 aromatic rings. The van der Waals surface area contributed by atoms with Crippen LogP contribution < -0.4 is 0 Å². The van der Waals surface area contributed by atoms with Crippen molar-refractivity contribution < 1.29 is 4.74 Å². The zero-order valence-corrected chi connectivity index (χ0v) is 10.9. The molecule has 3 rings (SSSR count). The predicted molar refractivity (Wildman–Crippen MR) is 70.8 cm³/mol. The zero-order chi connectivity index (χ0) is 11.7. The van der Waals surface area contributed by atoms with Crippen LogP contribution in [0.3, 0.4) is 0 Å². The van der Waals surface area contributed by atoms with Crippen molar-refractivity contribution in [3.05, 3.63) is 34.9 Å². The second-order valence-electron chi connectivity index (χ2n) is 5.57. The second kappa shape index (κ2) is 4.62. The molecule has 0 amide bonds. The van der Waals surface area contributed by atoms with E-state index in [2.05, 4.69) is 18.2 Å². The Bertz CT molecular complexity index is 407. The minimum absolute atomic E-state index is 0.189. The van der Waals surface area contributed by atoms with Gasteiger partial charge in [-0.1, -0.05) is 18.2 Å². The smallest absolute Gasteiger partial charge is 0.0537 e. The number of alkyl halides is 1. The topological polar surface area (TPSA) is 9.23 Å². The fourth-order valence-electron chi connectivity index (χ4n) is 3.11. The number of benzene rings is 1. The molecule has 1 atom stereocenters. The van der Waals surface area contributed by atoms with E-state index in [0.29, 0.717) is 5.88 Å². The lowest BCUT2D eigenvalue weighted by Gasteiger charge is -2.24. The largest absolute Gasteiger partial charge is 0.381 e. The third kappa shape index (κ3) is 2.23. The molecule has 0 N–H and O–H groups in total. The summed E-state index contributed by atoms with van der Waals surface area (Å²) in [4.78, 5) is 0. The lowest BCUT2D eigenvalue weighted by Crippen LogP contribution is -2.26. The average Bonchev–Trinajstić information content (AvgIpc) is 2.97. The van der Waals surface area contributed by atoms with Crippen LogP contribution in [0, 0.1) is 5.41 Å². The van der Waals surface area contributed by atoms with Gasteiger partial charge in [0.25, 0.3) is 0 Å². The summed E-state index contributed by atoms with van der Waals surface area (Å²) in [5.41, 5.74) is 4.74. The molecule has 1 saturated heterocycles. The van der Waals surface area contributed by atoms with E-state index < -0.39 is 0 Å². The number of rotatable bonds is 3. The highest BCUT2D eigenvalue weighted by atomic mass is 35.5. The number of aryl methyl sites for hydroxylation is 2. The lowest BCUT2D eigenvalue weighted by molar-refractivity contribution is 0.161. The van der Waals surface area contributed by atoms with E-state index in [1.54, 1.807) is 11.1 Å². The Hall–Kier alpha value is -0.530. The maximum absolute atomic E-state index is 6.15. The highest BCUT2D eigenvalue weighted by Crippen LogP contribution is 2.35. The fourth-order valence-corrected chi connectivity index (χ4v) is 3.41. The molecule has 1 aliphatic carbocycles. The van der Waals surface area contributed by atoms with Gasteiger partial charge in [0, 0.05) is 17.9 Å². The quantitative estimate of drug-likeness (QED) is 0.748. The van der Waals surface area contributed by atoms with Gasteiger partial charge in [0.2, 0.25) is 0 Å². The van der Waals surface area contributed by atoms with Gasteiger partial charge in [-0.15, -0.1) is 11.6 Å². The van der Waals surface area contributed by atoms with Crippen LogP contribution in [-0.2, 0) is 24.0 Å². The molecule has 2 aliphatic rings. The number of hydrogen-bond donors (Lipinski definition) is 0. The molecule has 1 heterocycles. The number of halogens is 1. The molecule has 1 aliphatic heterocycles. The van der Waals surface area contributed by atoms with Gasteiger partial charge in [0.15, 0.2) is 0 Å². The van der Waals surface area contributed by atoms with Gasteiger partial charge in [-0.05, 0) is 48.8 Å². The maximum Gasteiger partial charge on any atom is 0.0537 e. The summed E-state index contributed by atoms with van der Waals surface area (Å²) < 4.78 is 5.53. The van der Waals surface area contributed by atoms with Gasteiger partial charge in [0.1, 0.15) is 0 Å². The van der Waals surface area contributed by atoms with Gasteiger partial charge < -0.3 is 4.74 Å². The van der Waals surface area contributed by atoms with Crippen molar-refractivity contribution in [2.75, 3.05) is 19.1 Å². The molecule has 0 bridgehead atoms.